The van der Waals surface area contributed by atoms with Gasteiger partial charge in [-0.25, -0.2) is 4.98 Å². The van der Waals surface area contributed by atoms with Crippen LogP contribution in [-0.2, 0) is 19.4 Å². The number of fused-ring (bicyclic) bond motifs is 2. The number of aromatic nitrogens is 5. The number of likely N-dealkylation sites (tertiary alicyclic amines) is 1. The van der Waals surface area contributed by atoms with Gasteiger partial charge in [-0.2, -0.15) is 0 Å². The molecule has 0 spiro atoms. The van der Waals surface area contributed by atoms with Crippen LogP contribution >= 0.6 is 0 Å². The van der Waals surface area contributed by atoms with Crippen molar-refractivity contribution in [3.05, 3.63) is 41.2 Å². The van der Waals surface area contributed by atoms with E-state index in [9.17, 15) is 0 Å². The standard InChI is InChI=1S/C22H30N6/c1-16-6-7-18-19(15-16)24-20(23-18)10-14-27-12-8-17(9-13-27)22-26-25-21-5-3-2-4-11-28(21)22/h6-7,15,17H,2-5,8-14H2,1H3,(H,23,24). The lowest BCUT2D eigenvalue weighted by Crippen LogP contribution is -2.35. The normalized spacial score (nSPS) is 19.0. The number of piperidine rings is 1. The molecule has 0 atom stereocenters. The lowest BCUT2D eigenvalue weighted by molar-refractivity contribution is 0.208. The van der Waals surface area contributed by atoms with Crippen molar-refractivity contribution in [3.63, 3.8) is 0 Å². The van der Waals surface area contributed by atoms with Crippen molar-refractivity contribution in [2.24, 2.45) is 0 Å². The molecular formula is C22H30N6. The van der Waals surface area contributed by atoms with Crippen LogP contribution in [0.1, 0.15) is 61.1 Å². The smallest absolute Gasteiger partial charge is 0.136 e. The molecule has 0 unspecified atom stereocenters. The molecule has 0 saturated carbocycles. The quantitative estimate of drug-likeness (QED) is 0.753. The summed E-state index contributed by atoms with van der Waals surface area (Å²) in [4.78, 5) is 10.8. The molecule has 0 bridgehead atoms. The zero-order valence-corrected chi connectivity index (χ0v) is 16.8. The Morgan fingerprint density at radius 1 is 1.07 bits per heavy atom. The maximum Gasteiger partial charge on any atom is 0.136 e. The molecule has 4 heterocycles. The van der Waals surface area contributed by atoms with E-state index in [1.165, 1.54) is 49.3 Å². The Hall–Kier alpha value is -2.21. The molecular weight excluding hydrogens is 348 g/mol. The molecule has 28 heavy (non-hydrogen) atoms. The van der Waals surface area contributed by atoms with Gasteiger partial charge in [-0.1, -0.05) is 12.5 Å². The molecule has 2 aromatic heterocycles. The Kier molecular flexibility index (Phi) is 4.89. The van der Waals surface area contributed by atoms with Gasteiger partial charge in [0.15, 0.2) is 0 Å². The highest BCUT2D eigenvalue weighted by molar-refractivity contribution is 5.75. The molecule has 0 radical (unpaired) electrons. The van der Waals surface area contributed by atoms with Crippen molar-refractivity contribution in [2.45, 2.75) is 64.3 Å². The zero-order valence-electron chi connectivity index (χ0n) is 16.8. The number of nitrogens with zero attached hydrogens (tertiary/aromatic N) is 5. The predicted molar refractivity (Wildman–Crippen MR) is 111 cm³/mol. The van der Waals surface area contributed by atoms with E-state index < -0.39 is 0 Å². The van der Waals surface area contributed by atoms with E-state index in [0.717, 1.165) is 55.9 Å². The number of nitrogens with one attached hydrogen (secondary N) is 1. The first kappa shape index (κ1) is 17.9. The summed E-state index contributed by atoms with van der Waals surface area (Å²) in [5, 5.41) is 9.09. The van der Waals surface area contributed by atoms with Gasteiger partial charge in [-0.15, -0.1) is 10.2 Å². The van der Waals surface area contributed by atoms with E-state index in [2.05, 4.69) is 49.8 Å². The van der Waals surface area contributed by atoms with Crippen LogP contribution in [0.5, 0.6) is 0 Å². The van der Waals surface area contributed by atoms with Crippen LogP contribution in [-0.4, -0.2) is 49.3 Å². The summed E-state index contributed by atoms with van der Waals surface area (Å²) in [6.45, 7) is 6.60. The second-order valence-corrected chi connectivity index (χ2v) is 8.51. The molecule has 1 N–H and O–H groups in total. The third kappa shape index (κ3) is 3.58. The number of rotatable bonds is 4. The van der Waals surface area contributed by atoms with Gasteiger partial charge < -0.3 is 14.5 Å². The Labute approximate surface area is 166 Å². The van der Waals surface area contributed by atoms with Crippen molar-refractivity contribution in [1.82, 2.24) is 29.6 Å². The first-order valence-corrected chi connectivity index (χ1v) is 10.9. The van der Waals surface area contributed by atoms with E-state index in [4.69, 9.17) is 4.98 Å². The number of benzene rings is 1. The monoisotopic (exact) mass is 378 g/mol. The van der Waals surface area contributed by atoms with Gasteiger partial charge in [0.05, 0.1) is 11.0 Å². The summed E-state index contributed by atoms with van der Waals surface area (Å²) < 4.78 is 2.43. The third-order valence-corrected chi connectivity index (χ3v) is 6.44. The van der Waals surface area contributed by atoms with Crippen LogP contribution < -0.4 is 0 Å². The number of hydrogen-bond donors (Lipinski definition) is 1. The fourth-order valence-corrected chi connectivity index (χ4v) is 4.78. The molecule has 6 heteroatoms. The van der Waals surface area contributed by atoms with Gasteiger partial charge in [-0.05, 0) is 63.4 Å². The Balaban J connectivity index is 1.18. The van der Waals surface area contributed by atoms with E-state index in [1.807, 2.05) is 0 Å². The molecule has 148 valence electrons. The average molecular weight is 379 g/mol. The van der Waals surface area contributed by atoms with E-state index in [0.29, 0.717) is 5.92 Å². The van der Waals surface area contributed by atoms with Crippen molar-refractivity contribution >= 4 is 11.0 Å². The minimum atomic E-state index is 0.574. The summed E-state index contributed by atoms with van der Waals surface area (Å²) in [6.07, 6.45) is 8.32. The molecule has 5 rings (SSSR count). The van der Waals surface area contributed by atoms with E-state index >= 15 is 0 Å². The molecule has 6 nitrogen and oxygen atoms in total. The van der Waals surface area contributed by atoms with Gasteiger partial charge in [-0.3, -0.25) is 0 Å². The lowest BCUT2D eigenvalue weighted by atomic mass is 9.95. The van der Waals surface area contributed by atoms with Gasteiger partial charge in [0.1, 0.15) is 17.5 Å². The second kappa shape index (κ2) is 7.66. The minimum Gasteiger partial charge on any atom is -0.342 e. The molecule has 0 amide bonds. The van der Waals surface area contributed by atoms with Crippen molar-refractivity contribution < 1.29 is 0 Å². The minimum absolute atomic E-state index is 0.574. The molecule has 2 aliphatic heterocycles. The first-order valence-electron chi connectivity index (χ1n) is 10.9. The maximum absolute atomic E-state index is 4.75. The number of hydrogen-bond acceptors (Lipinski definition) is 4. The van der Waals surface area contributed by atoms with Gasteiger partial charge in [0.2, 0.25) is 0 Å². The summed E-state index contributed by atoms with van der Waals surface area (Å²) in [6, 6.07) is 6.42. The summed E-state index contributed by atoms with van der Waals surface area (Å²) >= 11 is 0. The van der Waals surface area contributed by atoms with Crippen molar-refractivity contribution in [1.29, 1.82) is 0 Å². The molecule has 1 aromatic carbocycles. The first-order chi connectivity index (χ1) is 13.8. The van der Waals surface area contributed by atoms with Crippen LogP contribution in [0.2, 0.25) is 0 Å². The summed E-state index contributed by atoms with van der Waals surface area (Å²) in [5.74, 6) is 4.15. The summed E-state index contributed by atoms with van der Waals surface area (Å²) in [5.41, 5.74) is 3.50. The van der Waals surface area contributed by atoms with Gasteiger partial charge in [0.25, 0.3) is 0 Å². The van der Waals surface area contributed by atoms with Crippen molar-refractivity contribution in [2.75, 3.05) is 19.6 Å². The highest BCUT2D eigenvalue weighted by Crippen LogP contribution is 2.29. The van der Waals surface area contributed by atoms with E-state index in [-0.39, 0.29) is 0 Å². The van der Waals surface area contributed by atoms with Crippen LogP contribution in [0.15, 0.2) is 18.2 Å². The Morgan fingerprint density at radius 3 is 2.86 bits per heavy atom. The largest absolute Gasteiger partial charge is 0.342 e. The van der Waals surface area contributed by atoms with Crippen molar-refractivity contribution in [3.8, 4) is 0 Å². The third-order valence-electron chi connectivity index (χ3n) is 6.44. The molecule has 0 aliphatic carbocycles. The topological polar surface area (TPSA) is 62.6 Å². The molecule has 2 aliphatic rings. The number of aromatic amines is 1. The predicted octanol–water partition coefficient (Wildman–Crippen LogP) is 3.61. The second-order valence-electron chi connectivity index (χ2n) is 8.51. The maximum atomic E-state index is 4.75. The van der Waals surface area contributed by atoms with Gasteiger partial charge in [0, 0.05) is 31.8 Å². The zero-order chi connectivity index (χ0) is 18.9. The SMILES string of the molecule is Cc1ccc2nc(CCN3CCC(c4nnc5n4CCCCC5)CC3)[nH]c2c1. The highest BCUT2D eigenvalue weighted by Gasteiger charge is 2.26. The number of aryl methyl sites for hydroxylation is 2. The number of H-pyrrole nitrogens is 1. The fraction of sp³-hybridized carbons (Fsp3) is 0.591. The van der Waals surface area contributed by atoms with Crippen LogP contribution in [0.25, 0.3) is 11.0 Å². The lowest BCUT2D eigenvalue weighted by Gasteiger charge is -2.31. The fourth-order valence-electron chi connectivity index (χ4n) is 4.78. The number of imidazole rings is 1. The molecule has 1 fully saturated rings. The van der Waals surface area contributed by atoms with Crippen LogP contribution in [0.3, 0.4) is 0 Å². The Bertz CT molecular complexity index is 947. The Morgan fingerprint density at radius 2 is 1.96 bits per heavy atom. The van der Waals surface area contributed by atoms with E-state index in [1.54, 1.807) is 0 Å². The van der Waals surface area contributed by atoms with Crippen LogP contribution in [0, 0.1) is 6.92 Å². The van der Waals surface area contributed by atoms with Gasteiger partial charge >= 0.3 is 0 Å². The average Bonchev–Trinajstić information content (AvgIpc) is 3.22. The highest BCUT2D eigenvalue weighted by atomic mass is 15.3. The molecule has 3 aromatic rings. The molecule has 1 saturated heterocycles. The van der Waals surface area contributed by atoms with Crippen LogP contribution in [0.4, 0.5) is 0 Å². The summed E-state index contributed by atoms with van der Waals surface area (Å²) in [7, 11) is 0.